The Bertz CT molecular complexity index is 1590. The third-order valence-corrected chi connectivity index (χ3v) is 5.48. The van der Waals surface area contributed by atoms with Gasteiger partial charge in [-0.2, -0.15) is 0 Å². The van der Waals surface area contributed by atoms with Gasteiger partial charge in [0.05, 0.1) is 10.9 Å². The molecule has 2 aromatic carbocycles. The zero-order valence-corrected chi connectivity index (χ0v) is 19.7. The molecule has 0 radical (unpaired) electrons. The zero-order chi connectivity index (χ0) is 25.3. The number of rotatable bonds is 7. The van der Waals surface area contributed by atoms with Gasteiger partial charge in [-0.05, 0) is 50.6 Å². The van der Waals surface area contributed by atoms with E-state index in [1.165, 1.54) is 33.2 Å². The molecule has 180 valence electrons. The standard InChI is InChI=1S/C25H26N6O4/c1-5-12-29-23(34)18-11-10-17(22(33)26-15(2)3)13-20(18)31-24(29)28-30(25(31)35)14-21(32)27-19-9-7-6-8-16(19)4/h5-11,13,15H,1,12,14H2,2-4H3,(H,26,33)(H,27,32). The molecule has 2 amide bonds. The van der Waals surface area contributed by atoms with Crippen molar-refractivity contribution in [1.29, 1.82) is 0 Å². The maximum Gasteiger partial charge on any atom is 0.352 e. The van der Waals surface area contributed by atoms with E-state index in [4.69, 9.17) is 0 Å². The lowest BCUT2D eigenvalue weighted by Crippen LogP contribution is -2.31. The highest BCUT2D eigenvalue weighted by Gasteiger charge is 2.20. The van der Waals surface area contributed by atoms with Gasteiger partial charge in [0.15, 0.2) is 0 Å². The van der Waals surface area contributed by atoms with Crippen molar-refractivity contribution >= 4 is 34.2 Å². The molecule has 0 aliphatic carbocycles. The Hall–Kier alpha value is -4.47. The van der Waals surface area contributed by atoms with Crippen molar-refractivity contribution in [2.45, 2.75) is 39.9 Å². The first-order valence-corrected chi connectivity index (χ1v) is 11.1. The number of nitrogens with zero attached hydrogens (tertiary/aromatic N) is 4. The van der Waals surface area contributed by atoms with Crippen LogP contribution < -0.4 is 21.9 Å². The Balaban J connectivity index is 1.85. The molecule has 0 spiro atoms. The average Bonchev–Trinajstić information content (AvgIpc) is 3.13. The molecule has 0 unspecified atom stereocenters. The van der Waals surface area contributed by atoms with E-state index in [0.29, 0.717) is 11.3 Å². The van der Waals surface area contributed by atoms with Gasteiger partial charge in [0.2, 0.25) is 11.7 Å². The number of allylic oxidation sites excluding steroid dienone is 1. The quantitative estimate of drug-likeness (QED) is 0.398. The van der Waals surface area contributed by atoms with Crippen molar-refractivity contribution in [1.82, 2.24) is 24.1 Å². The van der Waals surface area contributed by atoms with Crippen LogP contribution in [0.3, 0.4) is 0 Å². The van der Waals surface area contributed by atoms with Gasteiger partial charge in [-0.15, -0.1) is 11.7 Å². The number of hydrogen-bond donors (Lipinski definition) is 2. The molecule has 0 aliphatic heterocycles. The van der Waals surface area contributed by atoms with Crippen LogP contribution in [0.1, 0.15) is 29.8 Å². The largest absolute Gasteiger partial charge is 0.352 e. The number of anilines is 1. The number of nitrogens with one attached hydrogen (secondary N) is 2. The highest BCUT2D eigenvalue weighted by atomic mass is 16.2. The first kappa shape index (κ1) is 23.7. The Kier molecular flexibility index (Phi) is 6.37. The summed E-state index contributed by atoms with van der Waals surface area (Å²) in [5.41, 5.74) is 1.04. The molecule has 10 nitrogen and oxygen atoms in total. The van der Waals surface area contributed by atoms with Gasteiger partial charge in [-0.25, -0.2) is 13.9 Å². The van der Waals surface area contributed by atoms with Gasteiger partial charge in [-0.3, -0.25) is 19.0 Å². The fourth-order valence-corrected chi connectivity index (χ4v) is 3.84. The maximum atomic E-state index is 13.4. The molecule has 4 rings (SSSR count). The number of aromatic nitrogens is 4. The lowest BCUT2D eigenvalue weighted by Gasteiger charge is -2.11. The second-order valence-corrected chi connectivity index (χ2v) is 8.50. The van der Waals surface area contributed by atoms with Crippen molar-refractivity contribution in [3.63, 3.8) is 0 Å². The average molecular weight is 475 g/mol. The minimum Gasteiger partial charge on any atom is -0.350 e. The Morgan fingerprint density at radius 3 is 2.57 bits per heavy atom. The normalized spacial score (nSPS) is 11.2. The molecule has 4 aromatic rings. The molecule has 0 fully saturated rings. The minimum atomic E-state index is -0.607. The molecule has 2 aromatic heterocycles. The van der Waals surface area contributed by atoms with Gasteiger partial charge < -0.3 is 10.6 Å². The minimum absolute atomic E-state index is 0.0532. The van der Waals surface area contributed by atoms with E-state index in [2.05, 4.69) is 22.3 Å². The number of hydrogen-bond acceptors (Lipinski definition) is 5. The molecule has 0 saturated carbocycles. The molecule has 0 saturated heterocycles. The number of aryl methyl sites for hydroxylation is 1. The van der Waals surface area contributed by atoms with Gasteiger partial charge in [-0.1, -0.05) is 24.3 Å². The summed E-state index contributed by atoms with van der Waals surface area (Å²) in [5.74, 6) is -0.718. The van der Waals surface area contributed by atoms with E-state index in [1.807, 2.05) is 32.9 Å². The second-order valence-electron chi connectivity index (χ2n) is 8.50. The highest BCUT2D eigenvalue weighted by Crippen LogP contribution is 2.15. The van der Waals surface area contributed by atoms with E-state index in [-0.39, 0.29) is 47.3 Å². The molecule has 2 heterocycles. The monoisotopic (exact) mass is 474 g/mol. The van der Waals surface area contributed by atoms with Crippen molar-refractivity contribution < 1.29 is 9.59 Å². The molecule has 10 heteroatoms. The van der Waals surface area contributed by atoms with Crippen LogP contribution >= 0.6 is 0 Å². The van der Waals surface area contributed by atoms with E-state index >= 15 is 0 Å². The Labute approximate surface area is 200 Å². The van der Waals surface area contributed by atoms with E-state index in [0.717, 1.165) is 10.2 Å². The summed E-state index contributed by atoms with van der Waals surface area (Å²) in [6.07, 6.45) is 1.52. The van der Waals surface area contributed by atoms with Crippen molar-refractivity contribution in [2.24, 2.45) is 0 Å². The summed E-state index contributed by atoms with van der Waals surface area (Å²) in [4.78, 5) is 51.8. The fourth-order valence-electron chi connectivity index (χ4n) is 3.84. The van der Waals surface area contributed by atoms with Gasteiger partial charge in [0.1, 0.15) is 6.54 Å². The van der Waals surface area contributed by atoms with Crippen LogP contribution in [-0.4, -0.2) is 36.6 Å². The molecule has 2 N–H and O–H groups in total. The number of carbonyl (C=O) groups excluding carboxylic acids is 2. The lowest BCUT2D eigenvalue weighted by atomic mass is 10.1. The summed E-state index contributed by atoms with van der Waals surface area (Å²) in [7, 11) is 0. The van der Waals surface area contributed by atoms with Crippen LogP contribution in [0.5, 0.6) is 0 Å². The number of amides is 2. The summed E-state index contributed by atoms with van der Waals surface area (Å²) in [6.45, 7) is 8.97. The summed E-state index contributed by atoms with van der Waals surface area (Å²) < 4.78 is 3.55. The molecule has 0 atom stereocenters. The molecular formula is C25H26N6O4. The molecule has 0 aliphatic rings. The zero-order valence-electron chi connectivity index (χ0n) is 19.7. The predicted octanol–water partition coefficient (Wildman–Crippen LogP) is 2.08. The Morgan fingerprint density at radius 1 is 1.14 bits per heavy atom. The first-order chi connectivity index (χ1) is 16.7. The number of fused-ring (bicyclic) bond motifs is 3. The van der Waals surface area contributed by atoms with Crippen LogP contribution in [0.25, 0.3) is 16.7 Å². The van der Waals surface area contributed by atoms with Crippen LogP contribution in [0, 0.1) is 6.92 Å². The highest BCUT2D eigenvalue weighted by molar-refractivity contribution is 5.98. The molecular weight excluding hydrogens is 448 g/mol. The van der Waals surface area contributed by atoms with Crippen LogP contribution in [0.4, 0.5) is 5.69 Å². The van der Waals surface area contributed by atoms with Crippen LogP contribution in [0.2, 0.25) is 0 Å². The van der Waals surface area contributed by atoms with E-state index < -0.39 is 11.6 Å². The van der Waals surface area contributed by atoms with Crippen LogP contribution in [0.15, 0.2) is 64.7 Å². The summed E-state index contributed by atoms with van der Waals surface area (Å²) >= 11 is 0. The van der Waals surface area contributed by atoms with Crippen molar-refractivity contribution in [2.75, 3.05) is 5.32 Å². The summed E-state index contributed by atoms with van der Waals surface area (Å²) in [6, 6.07) is 11.7. The third-order valence-electron chi connectivity index (χ3n) is 5.48. The van der Waals surface area contributed by atoms with Crippen molar-refractivity contribution in [3.8, 4) is 0 Å². The fraction of sp³-hybridized carbons (Fsp3) is 0.240. The number of para-hydroxylation sites is 1. The summed E-state index contributed by atoms with van der Waals surface area (Å²) in [5, 5.41) is 10.1. The SMILES string of the molecule is C=CCn1c(=O)c2ccc(C(=O)NC(C)C)cc2n2c(=O)n(CC(=O)Nc3ccccc3C)nc12. The topological polar surface area (TPSA) is 120 Å². The third kappa shape index (κ3) is 4.50. The van der Waals surface area contributed by atoms with E-state index in [9.17, 15) is 19.2 Å². The second kappa shape index (κ2) is 9.41. The predicted molar refractivity (Wildman–Crippen MR) is 134 cm³/mol. The van der Waals surface area contributed by atoms with Gasteiger partial charge in [0, 0.05) is 23.8 Å². The van der Waals surface area contributed by atoms with Crippen molar-refractivity contribution in [3.05, 3.63) is 87.1 Å². The smallest absolute Gasteiger partial charge is 0.350 e. The molecule has 35 heavy (non-hydrogen) atoms. The Morgan fingerprint density at radius 2 is 1.89 bits per heavy atom. The maximum absolute atomic E-state index is 13.4. The van der Waals surface area contributed by atoms with Gasteiger partial charge >= 0.3 is 5.69 Å². The molecule has 0 bridgehead atoms. The van der Waals surface area contributed by atoms with E-state index in [1.54, 1.807) is 12.1 Å². The lowest BCUT2D eigenvalue weighted by molar-refractivity contribution is -0.117. The first-order valence-electron chi connectivity index (χ1n) is 11.1. The van der Waals surface area contributed by atoms with Crippen LogP contribution in [-0.2, 0) is 17.9 Å². The number of benzene rings is 2. The number of carbonyl (C=O) groups is 2. The van der Waals surface area contributed by atoms with Gasteiger partial charge in [0.25, 0.3) is 11.5 Å².